The second-order valence-corrected chi connectivity index (χ2v) is 7.22. The zero-order valence-corrected chi connectivity index (χ0v) is 14.6. The van der Waals surface area contributed by atoms with E-state index in [1.54, 1.807) is 0 Å². The Kier molecular flexibility index (Phi) is 5.85. The number of ether oxygens (including phenoxy) is 1. The summed E-state index contributed by atoms with van der Waals surface area (Å²) < 4.78 is 43.1. The zero-order chi connectivity index (χ0) is 18.7. The van der Waals surface area contributed by atoms with Crippen LogP contribution >= 0.6 is 0 Å². The van der Waals surface area contributed by atoms with Gasteiger partial charge in [-0.05, 0) is 69.7 Å². The minimum absolute atomic E-state index is 0.409. The van der Waals surface area contributed by atoms with E-state index in [2.05, 4.69) is 4.90 Å². The van der Waals surface area contributed by atoms with E-state index in [0.717, 1.165) is 50.2 Å². The van der Waals surface area contributed by atoms with Gasteiger partial charge in [-0.15, -0.1) is 0 Å². The van der Waals surface area contributed by atoms with Gasteiger partial charge < -0.3 is 15.4 Å². The summed E-state index contributed by atoms with van der Waals surface area (Å²) in [6.07, 6.45) is -1.47. The van der Waals surface area contributed by atoms with Crippen LogP contribution in [0.4, 0.5) is 23.7 Å². The normalized spacial score (nSPS) is 18.9. The summed E-state index contributed by atoms with van der Waals surface area (Å²) in [6.45, 7) is 5.28. The highest BCUT2D eigenvalue weighted by Crippen LogP contribution is 2.32. The molecule has 1 unspecified atom stereocenters. The van der Waals surface area contributed by atoms with E-state index in [1.807, 2.05) is 13.8 Å². The molecule has 2 N–H and O–H groups in total. The molecule has 0 bridgehead atoms. The van der Waals surface area contributed by atoms with Gasteiger partial charge in [0.25, 0.3) is 0 Å². The fourth-order valence-electron chi connectivity index (χ4n) is 3.27. The minimum Gasteiger partial charge on any atom is -0.444 e. The number of hydrogen-bond acceptors (Lipinski definition) is 3. The third-order valence-corrected chi connectivity index (χ3v) is 4.61. The summed E-state index contributed by atoms with van der Waals surface area (Å²) in [5.74, 6) is 0.409. The van der Waals surface area contributed by atoms with Crippen molar-refractivity contribution in [3.05, 3.63) is 29.8 Å². The number of nitrogens with two attached hydrogens (primary N) is 1. The zero-order valence-electron chi connectivity index (χ0n) is 14.6. The van der Waals surface area contributed by atoms with E-state index < -0.39 is 23.4 Å². The molecule has 1 heterocycles. The lowest BCUT2D eigenvalue weighted by Crippen LogP contribution is -2.37. The van der Waals surface area contributed by atoms with Gasteiger partial charge in [-0.2, -0.15) is 13.2 Å². The SMILES string of the molecule is CC(C)(CCC1CCCN(c2ccc(C(F)(F)F)cc2)C1)OC(N)=O. The third-order valence-electron chi connectivity index (χ3n) is 4.61. The molecule has 140 valence electrons. The predicted molar refractivity (Wildman–Crippen MR) is 90.4 cm³/mol. The topological polar surface area (TPSA) is 55.6 Å². The van der Waals surface area contributed by atoms with Gasteiger partial charge in [0.1, 0.15) is 5.60 Å². The molecule has 25 heavy (non-hydrogen) atoms. The molecule has 1 atom stereocenters. The molecule has 0 spiro atoms. The van der Waals surface area contributed by atoms with Crippen LogP contribution in [0.5, 0.6) is 0 Å². The number of amides is 1. The molecular formula is C18H25F3N2O2. The molecule has 1 fully saturated rings. The van der Waals surface area contributed by atoms with Crippen LogP contribution in [0.2, 0.25) is 0 Å². The summed E-state index contributed by atoms with van der Waals surface area (Å²) in [6, 6.07) is 5.32. The van der Waals surface area contributed by atoms with Crippen LogP contribution in [0.25, 0.3) is 0 Å². The molecule has 1 aromatic carbocycles. The number of alkyl halides is 3. The van der Waals surface area contributed by atoms with Crippen molar-refractivity contribution in [2.45, 2.75) is 51.3 Å². The summed E-state index contributed by atoms with van der Waals surface area (Å²) in [5, 5.41) is 0. The number of primary amides is 1. The monoisotopic (exact) mass is 358 g/mol. The van der Waals surface area contributed by atoms with Gasteiger partial charge in [-0.3, -0.25) is 0 Å². The van der Waals surface area contributed by atoms with E-state index in [-0.39, 0.29) is 0 Å². The Morgan fingerprint density at radius 3 is 2.48 bits per heavy atom. The van der Waals surface area contributed by atoms with Crippen LogP contribution in [0.15, 0.2) is 24.3 Å². The van der Waals surface area contributed by atoms with E-state index >= 15 is 0 Å². The van der Waals surface area contributed by atoms with Crippen molar-refractivity contribution in [1.82, 2.24) is 0 Å². The number of halogens is 3. The van der Waals surface area contributed by atoms with Crippen molar-refractivity contribution in [1.29, 1.82) is 0 Å². The fraction of sp³-hybridized carbons (Fsp3) is 0.611. The molecule has 0 aromatic heterocycles. The Labute approximate surface area is 146 Å². The number of rotatable bonds is 5. The van der Waals surface area contributed by atoms with E-state index in [0.29, 0.717) is 12.3 Å². The molecule has 1 aromatic rings. The maximum Gasteiger partial charge on any atom is 0.416 e. The maximum absolute atomic E-state index is 12.7. The first-order valence-electron chi connectivity index (χ1n) is 8.47. The second kappa shape index (κ2) is 7.54. The van der Waals surface area contributed by atoms with Gasteiger partial charge >= 0.3 is 12.3 Å². The van der Waals surface area contributed by atoms with Gasteiger partial charge in [0, 0.05) is 18.8 Å². The molecule has 0 radical (unpaired) electrons. The lowest BCUT2D eigenvalue weighted by molar-refractivity contribution is -0.137. The average Bonchev–Trinajstić information content (AvgIpc) is 2.51. The van der Waals surface area contributed by atoms with Gasteiger partial charge in [0.2, 0.25) is 0 Å². The van der Waals surface area contributed by atoms with Gasteiger partial charge in [0.05, 0.1) is 5.56 Å². The maximum atomic E-state index is 12.7. The van der Waals surface area contributed by atoms with Crippen molar-refractivity contribution >= 4 is 11.8 Å². The molecule has 1 saturated heterocycles. The van der Waals surface area contributed by atoms with Crippen molar-refractivity contribution in [3.63, 3.8) is 0 Å². The Balaban J connectivity index is 1.93. The van der Waals surface area contributed by atoms with Crippen molar-refractivity contribution in [2.24, 2.45) is 11.7 Å². The van der Waals surface area contributed by atoms with Crippen molar-refractivity contribution in [2.75, 3.05) is 18.0 Å². The quantitative estimate of drug-likeness (QED) is 0.838. The Hall–Kier alpha value is -1.92. The lowest BCUT2D eigenvalue weighted by Gasteiger charge is -2.36. The van der Waals surface area contributed by atoms with E-state index in [9.17, 15) is 18.0 Å². The lowest BCUT2D eigenvalue weighted by atomic mass is 9.89. The van der Waals surface area contributed by atoms with Gasteiger partial charge in [-0.25, -0.2) is 4.79 Å². The predicted octanol–water partition coefficient (Wildman–Crippen LogP) is 4.58. The number of carbonyl (C=O) groups is 1. The number of anilines is 1. The Morgan fingerprint density at radius 1 is 1.28 bits per heavy atom. The number of piperidine rings is 1. The molecule has 1 amide bonds. The third kappa shape index (κ3) is 5.83. The highest BCUT2D eigenvalue weighted by atomic mass is 19.4. The highest BCUT2D eigenvalue weighted by Gasteiger charge is 2.31. The number of nitrogens with zero attached hydrogens (tertiary/aromatic N) is 1. The second-order valence-electron chi connectivity index (χ2n) is 7.22. The average molecular weight is 358 g/mol. The summed E-state index contributed by atoms with van der Waals surface area (Å²) in [7, 11) is 0. The van der Waals surface area contributed by atoms with Gasteiger partial charge in [0.15, 0.2) is 0 Å². The van der Waals surface area contributed by atoms with Crippen LogP contribution in [0, 0.1) is 5.92 Å². The standard InChI is InChI=1S/C18H25F3N2O2/c1-17(2,25-16(22)24)10-9-13-4-3-11-23(12-13)15-7-5-14(6-8-15)18(19,20)21/h5-8,13H,3-4,9-12H2,1-2H3,(H2,22,24). The highest BCUT2D eigenvalue weighted by molar-refractivity contribution is 5.65. The van der Waals surface area contributed by atoms with Crippen LogP contribution in [-0.2, 0) is 10.9 Å². The molecule has 1 aliphatic rings. The Bertz CT molecular complexity index is 585. The number of carbonyl (C=O) groups excluding carboxylic acids is 1. The first kappa shape index (κ1) is 19.4. The largest absolute Gasteiger partial charge is 0.444 e. The van der Waals surface area contributed by atoms with Crippen LogP contribution < -0.4 is 10.6 Å². The number of hydrogen-bond donors (Lipinski definition) is 1. The molecule has 4 nitrogen and oxygen atoms in total. The number of benzene rings is 1. The summed E-state index contributed by atoms with van der Waals surface area (Å²) >= 11 is 0. The Morgan fingerprint density at radius 2 is 1.92 bits per heavy atom. The molecule has 7 heteroatoms. The molecule has 2 rings (SSSR count). The van der Waals surface area contributed by atoms with Crippen LogP contribution in [-0.4, -0.2) is 24.8 Å². The molecular weight excluding hydrogens is 333 g/mol. The van der Waals surface area contributed by atoms with Crippen LogP contribution in [0.1, 0.15) is 45.1 Å². The smallest absolute Gasteiger partial charge is 0.416 e. The van der Waals surface area contributed by atoms with Crippen molar-refractivity contribution < 1.29 is 22.7 Å². The summed E-state index contributed by atoms with van der Waals surface area (Å²) in [5.41, 5.74) is 4.65. The first-order valence-corrected chi connectivity index (χ1v) is 8.47. The minimum atomic E-state index is -4.31. The molecule has 0 saturated carbocycles. The van der Waals surface area contributed by atoms with Gasteiger partial charge in [-0.1, -0.05) is 0 Å². The van der Waals surface area contributed by atoms with E-state index in [4.69, 9.17) is 10.5 Å². The molecule has 0 aliphatic carbocycles. The van der Waals surface area contributed by atoms with Crippen molar-refractivity contribution in [3.8, 4) is 0 Å². The van der Waals surface area contributed by atoms with E-state index in [1.165, 1.54) is 12.1 Å². The fourth-order valence-corrected chi connectivity index (χ4v) is 3.27. The first-order chi connectivity index (χ1) is 11.6. The van der Waals surface area contributed by atoms with Crippen LogP contribution in [0.3, 0.4) is 0 Å². The summed E-state index contributed by atoms with van der Waals surface area (Å²) in [4.78, 5) is 13.0. The molecule has 1 aliphatic heterocycles.